The van der Waals surface area contributed by atoms with Crippen LogP contribution in [-0.4, -0.2) is 43.8 Å². The molecule has 1 aromatic carbocycles. The average molecular weight is 276 g/mol. The van der Waals surface area contributed by atoms with Crippen LogP contribution in [0.5, 0.6) is 0 Å². The van der Waals surface area contributed by atoms with Gasteiger partial charge >= 0.3 is 0 Å². The summed E-state index contributed by atoms with van der Waals surface area (Å²) in [5.74, 6) is -0.0368. The molecule has 0 aliphatic carbocycles. The first-order valence-corrected chi connectivity index (χ1v) is 6.85. The largest absolute Gasteiger partial charge is 0.359 e. The summed E-state index contributed by atoms with van der Waals surface area (Å²) in [6.07, 6.45) is 0. The second-order valence-corrected chi connectivity index (χ2v) is 5.45. The molecule has 0 spiro atoms. The molecule has 0 bridgehead atoms. The van der Waals surface area contributed by atoms with E-state index in [1.165, 1.54) is 0 Å². The second-order valence-electron chi connectivity index (χ2n) is 5.45. The van der Waals surface area contributed by atoms with Crippen molar-refractivity contribution in [2.75, 3.05) is 27.2 Å². The van der Waals surface area contributed by atoms with Crippen molar-refractivity contribution in [1.29, 1.82) is 0 Å². The van der Waals surface area contributed by atoms with E-state index < -0.39 is 0 Å². The summed E-state index contributed by atoms with van der Waals surface area (Å²) < 4.78 is 0. The van der Waals surface area contributed by atoms with Crippen LogP contribution in [0.3, 0.4) is 0 Å². The third kappa shape index (κ3) is 4.46. The summed E-state index contributed by atoms with van der Waals surface area (Å²) in [5.41, 5.74) is 2.85. The molecule has 1 atom stereocenters. The smallest absolute Gasteiger partial charge is 0.223 e. The summed E-state index contributed by atoms with van der Waals surface area (Å²) >= 11 is 0. The number of benzene rings is 1. The molecule has 1 amide bonds. The van der Waals surface area contributed by atoms with E-state index in [2.05, 4.69) is 5.32 Å². The SMILES string of the molecule is CNC(=O)C(C)CN(C)CC(=O)c1cc(C)ccc1C. The van der Waals surface area contributed by atoms with Gasteiger partial charge in [0.15, 0.2) is 5.78 Å². The fourth-order valence-corrected chi connectivity index (χ4v) is 2.23. The Hall–Kier alpha value is -1.68. The molecule has 0 saturated carbocycles. The van der Waals surface area contributed by atoms with Gasteiger partial charge in [0.25, 0.3) is 0 Å². The van der Waals surface area contributed by atoms with Gasteiger partial charge in [-0.25, -0.2) is 0 Å². The van der Waals surface area contributed by atoms with Gasteiger partial charge in [-0.2, -0.15) is 0 Å². The van der Waals surface area contributed by atoms with Gasteiger partial charge in [-0.15, -0.1) is 0 Å². The van der Waals surface area contributed by atoms with Crippen LogP contribution in [0, 0.1) is 19.8 Å². The van der Waals surface area contributed by atoms with E-state index in [9.17, 15) is 9.59 Å². The van der Waals surface area contributed by atoms with E-state index in [0.717, 1.165) is 16.7 Å². The van der Waals surface area contributed by atoms with Crippen molar-refractivity contribution < 1.29 is 9.59 Å². The monoisotopic (exact) mass is 276 g/mol. The first-order chi connectivity index (χ1) is 9.35. The Labute approximate surface area is 121 Å². The number of hydrogen-bond donors (Lipinski definition) is 1. The number of rotatable bonds is 6. The minimum atomic E-state index is -0.128. The number of carbonyl (C=O) groups excluding carboxylic acids is 2. The molecular formula is C16H24N2O2. The zero-order valence-electron chi connectivity index (χ0n) is 13.0. The molecule has 4 heteroatoms. The molecule has 20 heavy (non-hydrogen) atoms. The Balaban J connectivity index is 2.66. The molecule has 0 heterocycles. The topological polar surface area (TPSA) is 49.4 Å². The highest BCUT2D eigenvalue weighted by atomic mass is 16.1. The highest BCUT2D eigenvalue weighted by Gasteiger charge is 2.17. The molecule has 0 aromatic heterocycles. The zero-order valence-corrected chi connectivity index (χ0v) is 13.0. The summed E-state index contributed by atoms with van der Waals surface area (Å²) in [6, 6.07) is 5.90. The van der Waals surface area contributed by atoms with Crippen LogP contribution in [0.15, 0.2) is 18.2 Å². The summed E-state index contributed by atoms with van der Waals surface area (Å²) in [4.78, 5) is 25.7. The molecule has 110 valence electrons. The lowest BCUT2D eigenvalue weighted by molar-refractivity contribution is -0.124. The van der Waals surface area contributed by atoms with Crippen LogP contribution >= 0.6 is 0 Å². The van der Waals surface area contributed by atoms with Crippen LogP contribution < -0.4 is 5.32 Å². The number of nitrogens with zero attached hydrogens (tertiary/aromatic N) is 1. The van der Waals surface area contributed by atoms with Crippen LogP contribution in [-0.2, 0) is 4.79 Å². The van der Waals surface area contributed by atoms with Gasteiger partial charge in [0, 0.05) is 25.1 Å². The molecule has 0 fully saturated rings. The molecule has 0 saturated heterocycles. The quantitative estimate of drug-likeness (QED) is 0.806. The number of aryl methyl sites for hydroxylation is 2. The van der Waals surface area contributed by atoms with Crippen LogP contribution in [0.2, 0.25) is 0 Å². The maximum Gasteiger partial charge on any atom is 0.223 e. The minimum absolute atomic E-state index is 0.00367. The predicted molar refractivity (Wildman–Crippen MR) is 81.0 cm³/mol. The maximum atomic E-state index is 12.3. The molecule has 1 aromatic rings. The lowest BCUT2D eigenvalue weighted by atomic mass is 10.0. The molecule has 0 radical (unpaired) electrons. The molecule has 1 unspecified atom stereocenters. The van der Waals surface area contributed by atoms with Gasteiger partial charge in [-0.1, -0.05) is 24.6 Å². The van der Waals surface area contributed by atoms with Crippen molar-refractivity contribution in [3.8, 4) is 0 Å². The van der Waals surface area contributed by atoms with E-state index in [4.69, 9.17) is 0 Å². The molecule has 4 nitrogen and oxygen atoms in total. The minimum Gasteiger partial charge on any atom is -0.359 e. The van der Waals surface area contributed by atoms with Crippen LogP contribution in [0.4, 0.5) is 0 Å². The van der Waals surface area contributed by atoms with Gasteiger partial charge in [-0.05, 0) is 32.5 Å². The van der Waals surface area contributed by atoms with Crippen molar-refractivity contribution in [1.82, 2.24) is 10.2 Å². The lowest BCUT2D eigenvalue weighted by Gasteiger charge is -2.20. The Morgan fingerprint density at radius 3 is 2.55 bits per heavy atom. The number of nitrogens with one attached hydrogen (secondary N) is 1. The van der Waals surface area contributed by atoms with E-state index in [0.29, 0.717) is 13.1 Å². The van der Waals surface area contributed by atoms with Gasteiger partial charge in [-0.3, -0.25) is 14.5 Å². The van der Waals surface area contributed by atoms with E-state index in [1.807, 2.05) is 50.9 Å². The van der Waals surface area contributed by atoms with Crippen LogP contribution in [0.1, 0.15) is 28.4 Å². The van der Waals surface area contributed by atoms with Gasteiger partial charge in [0.05, 0.1) is 6.54 Å². The molecular weight excluding hydrogens is 252 g/mol. The number of hydrogen-bond acceptors (Lipinski definition) is 3. The van der Waals surface area contributed by atoms with E-state index in [-0.39, 0.29) is 17.6 Å². The predicted octanol–water partition coefficient (Wildman–Crippen LogP) is 1.80. The van der Waals surface area contributed by atoms with Crippen molar-refractivity contribution in [2.45, 2.75) is 20.8 Å². The van der Waals surface area contributed by atoms with Gasteiger partial charge < -0.3 is 5.32 Å². The number of amides is 1. The standard InChI is InChI=1S/C16H24N2O2/c1-11-6-7-12(2)14(8-11)15(19)10-18(5)9-13(3)16(20)17-4/h6-8,13H,9-10H2,1-5H3,(H,17,20). The number of carbonyl (C=O) groups is 2. The normalized spacial score (nSPS) is 12.3. The van der Waals surface area contributed by atoms with Crippen molar-refractivity contribution in [3.63, 3.8) is 0 Å². The molecule has 1 N–H and O–H groups in total. The third-order valence-electron chi connectivity index (χ3n) is 3.39. The van der Waals surface area contributed by atoms with Gasteiger partial charge in [0.1, 0.15) is 0 Å². The average Bonchev–Trinajstić information content (AvgIpc) is 2.40. The fraction of sp³-hybridized carbons (Fsp3) is 0.500. The molecule has 0 aliphatic heterocycles. The van der Waals surface area contributed by atoms with Gasteiger partial charge in [0.2, 0.25) is 5.91 Å². The van der Waals surface area contributed by atoms with Crippen molar-refractivity contribution in [2.24, 2.45) is 5.92 Å². The van der Waals surface area contributed by atoms with E-state index >= 15 is 0 Å². The Bertz CT molecular complexity index is 497. The number of ketones is 1. The highest BCUT2D eigenvalue weighted by Crippen LogP contribution is 2.12. The lowest BCUT2D eigenvalue weighted by Crippen LogP contribution is -2.36. The fourth-order valence-electron chi connectivity index (χ4n) is 2.23. The number of Topliss-reactive ketones (excluding diaryl/α,β-unsaturated/α-hetero) is 1. The van der Waals surface area contributed by atoms with Crippen LogP contribution in [0.25, 0.3) is 0 Å². The Kier molecular flexibility index (Phi) is 5.89. The second kappa shape index (κ2) is 7.20. The Morgan fingerprint density at radius 2 is 1.95 bits per heavy atom. The molecule has 1 rings (SSSR count). The third-order valence-corrected chi connectivity index (χ3v) is 3.39. The highest BCUT2D eigenvalue weighted by molar-refractivity contribution is 5.99. The van der Waals surface area contributed by atoms with Crippen molar-refractivity contribution in [3.05, 3.63) is 34.9 Å². The Morgan fingerprint density at radius 1 is 1.30 bits per heavy atom. The summed E-state index contributed by atoms with van der Waals surface area (Å²) in [6.45, 7) is 6.67. The number of likely N-dealkylation sites (N-methyl/N-ethyl adjacent to an activating group) is 1. The first kappa shape index (κ1) is 16.4. The summed E-state index contributed by atoms with van der Waals surface area (Å²) in [7, 11) is 3.49. The van der Waals surface area contributed by atoms with Crippen molar-refractivity contribution >= 4 is 11.7 Å². The summed E-state index contributed by atoms with van der Waals surface area (Å²) in [5, 5.41) is 2.62. The zero-order chi connectivity index (χ0) is 15.3. The molecule has 0 aliphatic rings. The van der Waals surface area contributed by atoms with E-state index in [1.54, 1.807) is 7.05 Å². The maximum absolute atomic E-state index is 12.3. The first-order valence-electron chi connectivity index (χ1n) is 6.85.